The van der Waals surface area contributed by atoms with Crippen molar-refractivity contribution in [2.45, 2.75) is 38.5 Å². The molecule has 0 fully saturated rings. The molecule has 74 valence electrons. The van der Waals surface area contributed by atoms with Gasteiger partial charge in [0, 0.05) is 10.6 Å². The SMILES string of the molecule is CCS(=O)c1c(C(C)C)nsc1C. The molecule has 0 amide bonds. The van der Waals surface area contributed by atoms with Gasteiger partial charge in [0.25, 0.3) is 0 Å². The average Bonchev–Trinajstić information content (AvgIpc) is 2.46. The zero-order valence-corrected chi connectivity index (χ0v) is 10.1. The lowest BCUT2D eigenvalue weighted by Gasteiger charge is -2.04. The molecule has 1 rings (SSSR count). The molecule has 0 saturated heterocycles. The summed E-state index contributed by atoms with van der Waals surface area (Å²) in [5.74, 6) is 1.05. The van der Waals surface area contributed by atoms with Crippen LogP contribution < -0.4 is 0 Å². The molecule has 1 unspecified atom stereocenters. The fraction of sp³-hybridized carbons (Fsp3) is 0.667. The Kier molecular flexibility index (Phi) is 3.62. The van der Waals surface area contributed by atoms with Crippen LogP contribution in [0.4, 0.5) is 0 Å². The van der Waals surface area contributed by atoms with Crippen LogP contribution in [-0.2, 0) is 10.8 Å². The molecular formula is C9H15NOS2. The van der Waals surface area contributed by atoms with Gasteiger partial charge in [-0.05, 0) is 24.4 Å². The van der Waals surface area contributed by atoms with Crippen LogP contribution in [0.1, 0.15) is 37.3 Å². The lowest BCUT2D eigenvalue weighted by Crippen LogP contribution is -2.00. The number of aromatic nitrogens is 1. The lowest BCUT2D eigenvalue weighted by atomic mass is 10.1. The highest BCUT2D eigenvalue weighted by molar-refractivity contribution is 7.85. The first kappa shape index (κ1) is 10.9. The monoisotopic (exact) mass is 217 g/mol. The van der Waals surface area contributed by atoms with E-state index in [1.807, 2.05) is 13.8 Å². The van der Waals surface area contributed by atoms with Crippen LogP contribution in [0.3, 0.4) is 0 Å². The summed E-state index contributed by atoms with van der Waals surface area (Å²) in [4.78, 5) is 2.08. The number of rotatable bonds is 3. The summed E-state index contributed by atoms with van der Waals surface area (Å²) >= 11 is 1.46. The van der Waals surface area contributed by atoms with Crippen molar-refractivity contribution in [2.24, 2.45) is 0 Å². The summed E-state index contributed by atoms with van der Waals surface area (Å²) in [5.41, 5.74) is 1.02. The van der Waals surface area contributed by atoms with Crippen molar-refractivity contribution in [1.29, 1.82) is 0 Å². The summed E-state index contributed by atoms with van der Waals surface area (Å²) in [6, 6.07) is 0. The molecule has 0 aliphatic heterocycles. The van der Waals surface area contributed by atoms with E-state index in [1.54, 1.807) is 0 Å². The Labute approximate surface area is 86.0 Å². The smallest absolute Gasteiger partial charge is 0.0759 e. The maximum atomic E-state index is 11.7. The Morgan fingerprint density at radius 1 is 1.54 bits per heavy atom. The normalized spacial score (nSPS) is 13.6. The summed E-state index contributed by atoms with van der Waals surface area (Å²) < 4.78 is 16.0. The van der Waals surface area contributed by atoms with E-state index >= 15 is 0 Å². The van der Waals surface area contributed by atoms with Crippen LogP contribution in [0.15, 0.2) is 4.90 Å². The van der Waals surface area contributed by atoms with Gasteiger partial charge < -0.3 is 0 Å². The minimum absolute atomic E-state index is 0.371. The van der Waals surface area contributed by atoms with Gasteiger partial charge in [-0.15, -0.1) is 0 Å². The van der Waals surface area contributed by atoms with Crippen molar-refractivity contribution in [2.75, 3.05) is 5.75 Å². The summed E-state index contributed by atoms with van der Waals surface area (Å²) in [5, 5.41) is 0. The zero-order valence-electron chi connectivity index (χ0n) is 8.46. The van der Waals surface area contributed by atoms with Gasteiger partial charge in [0.15, 0.2) is 0 Å². The Bertz CT molecular complexity index is 317. The molecular weight excluding hydrogens is 202 g/mol. The van der Waals surface area contributed by atoms with E-state index in [9.17, 15) is 4.21 Å². The maximum absolute atomic E-state index is 11.7. The quantitative estimate of drug-likeness (QED) is 0.779. The molecule has 1 atom stereocenters. The number of aryl methyl sites for hydroxylation is 1. The van der Waals surface area contributed by atoms with E-state index < -0.39 is 10.8 Å². The summed E-state index contributed by atoms with van der Waals surface area (Å²) in [7, 11) is -0.855. The number of hydrogen-bond acceptors (Lipinski definition) is 3. The predicted molar refractivity (Wildman–Crippen MR) is 57.9 cm³/mol. The minimum atomic E-state index is -0.855. The fourth-order valence-corrected chi connectivity index (χ4v) is 3.47. The van der Waals surface area contributed by atoms with Gasteiger partial charge >= 0.3 is 0 Å². The molecule has 4 heteroatoms. The van der Waals surface area contributed by atoms with E-state index in [4.69, 9.17) is 0 Å². The van der Waals surface area contributed by atoms with Crippen molar-refractivity contribution in [3.05, 3.63) is 10.6 Å². The predicted octanol–water partition coefficient (Wildman–Crippen LogP) is 2.70. The van der Waals surface area contributed by atoms with E-state index in [0.29, 0.717) is 11.7 Å². The Morgan fingerprint density at radius 2 is 2.15 bits per heavy atom. The minimum Gasteiger partial charge on any atom is -0.254 e. The first-order valence-corrected chi connectivity index (χ1v) is 6.51. The Morgan fingerprint density at radius 3 is 2.62 bits per heavy atom. The van der Waals surface area contributed by atoms with Crippen molar-refractivity contribution in [3.63, 3.8) is 0 Å². The largest absolute Gasteiger partial charge is 0.254 e. The van der Waals surface area contributed by atoms with Crippen LogP contribution in [0.25, 0.3) is 0 Å². The highest BCUT2D eigenvalue weighted by Crippen LogP contribution is 2.27. The standard InChI is InChI=1S/C9H15NOS2/c1-5-13(11)9-7(4)12-10-8(9)6(2)3/h6H,5H2,1-4H3. The van der Waals surface area contributed by atoms with Crippen LogP contribution >= 0.6 is 11.5 Å². The maximum Gasteiger partial charge on any atom is 0.0759 e. The molecule has 0 spiro atoms. The second-order valence-electron chi connectivity index (χ2n) is 3.24. The van der Waals surface area contributed by atoms with Gasteiger partial charge in [0.05, 0.1) is 21.4 Å². The molecule has 0 bridgehead atoms. The van der Waals surface area contributed by atoms with Crippen LogP contribution in [0, 0.1) is 6.92 Å². The topological polar surface area (TPSA) is 30.0 Å². The van der Waals surface area contributed by atoms with E-state index in [-0.39, 0.29) is 0 Å². The number of hydrogen-bond donors (Lipinski definition) is 0. The van der Waals surface area contributed by atoms with Gasteiger partial charge in [-0.3, -0.25) is 4.21 Å². The summed E-state index contributed by atoms with van der Waals surface area (Å²) in [6.07, 6.45) is 0. The highest BCUT2D eigenvalue weighted by Gasteiger charge is 2.17. The molecule has 0 N–H and O–H groups in total. The molecule has 0 aliphatic rings. The highest BCUT2D eigenvalue weighted by atomic mass is 32.2. The molecule has 0 radical (unpaired) electrons. The fourth-order valence-electron chi connectivity index (χ4n) is 1.17. The first-order valence-electron chi connectivity index (χ1n) is 4.42. The van der Waals surface area contributed by atoms with Gasteiger partial charge in [0.2, 0.25) is 0 Å². The average molecular weight is 217 g/mol. The van der Waals surface area contributed by atoms with Crippen molar-refractivity contribution in [3.8, 4) is 0 Å². The first-order chi connectivity index (χ1) is 6.07. The molecule has 1 aromatic heterocycles. The molecule has 1 aromatic rings. The molecule has 0 aliphatic carbocycles. The second-order valence-corrected chi connectivity index (χ2v) is 5.90. The molecule has 0 aromatic carbocycles. The van der Waals surface area contributed by atoms with E-state index in [0.717, 1.165) is 15.5 Å². The van der Waals surface area contributed by atoms with Gasteiger partial charge in [0.1, 0.15) is 0 Å². The third kappa shape index (κ3) is 2.17. The van der Waals surface area contributed by atoms with Crippen molar-refractivity contribution in [1.82, 2.24) is 4.37 Å². The van der Waals surface area contributed by atoms with E-state index in [2.05, 4.69) is 18.2 Å². The van der Waals surface area contributed by atoms with Gasteiger partial charge in [-0.2, -0.15) is 4.37 Å². The lowest BCUT2D eigenvalue weighted by molar-refractivity contribution is 0.680. The molecule has 13 heavy (non-hydrogen) atoms. The molecule has 2 nitrogen and oxygen atoms in total. The summed E-state index contributed by atoms with van der Waals surface area (Å²) in [6.45, 7) is 8.11. The van der Waals surface area contributed by atoms with Gasteiger partial charge in [-0.25, -0.2) is 0 Å². The number of nitrogens with zero attached hydrogens (tertiary/aromatic N) is 1. The van der Waals surface area contributed by atoms with Crippen molar-refractivity contribution >= 4 is 22.3 Å². The van der Waals surface area contributed by atoms with Crippen molar-refractivity contribution < 1.29 is 4.21 Å². The zero-order chi connectivity index (χ0) is 10.0. The van der Waals surface area contributed by atoms with E-state index in [1.165, 1.54) is 11.5 Å². The second kappa shape index (κ2) is 4.33. The van der Waals surface area contributed by atoms with Gasteiger partial charge in [-0.1, -0.05) is 20.8 Å². The van der Waals surface area contributed by atoms with Crippen LogP contribution in [-0.4, -0.2) is 14.3 Å². The Balaban J connectivity index is 3.16. The van der Waals surface area contributed by atoms with Crippen LogP contribution in [0.5, 0.6) is 0 Å². The third-order valence-corrected chi connectivity index (χ3v) is 4.26. The molecule has 1 heterocycles. The van der Waals surface area contributed by atoms with Crippen LogP contribution in [0.2, 0.25) is 0 Å². The molecule has 0 saturated carbocycles. The Hall–Kier alpha value is -0.220. The third-order valence-electron chi connectivity index (χ3n) is 1.87.